The Morgan fingerprint density at radius 3 is 2.68 bits per heavy atom. The maximum atomic E-state index is 13.7. The third-order valence-electron chi connectivity index (χ3n) is 2.92. The smallest absolute Gasteiger partial charge is 0.164 e. The highest BCUT2D eigenvalue weighted by Gasteiger charge is 2.16. The minimum absolute atomic E-state index is 0.249. The SMILES string of the molecule is Cc1ccnc(Cl)c1NC(C)c1cccc(F)c1F. The van der Waals surface area contributed by atoms with Crippen molar-refractivity contribution in [3.8, 4) is 0 Å². The van der Waals surface area contributed by atoms with Gasteiger partial charge < -0.3 is 5.32 Å². The van der Waals surface area contributed by atoms with E-state index in [4.69, 9.17) is 11.6 Å². The number of nitrogens with zero attached hydrogens (tertiary/aromatic N) is 1. The summed E-state index contributed by atoms with van der Waals surface area (Å²) in [5.41, 5.74) is 1.77. The first-order chi connectivity index (χ1) is 9.00. The predicted octanol–water partition coefficient (Wildman–Crippen LogP) is 4.49. The van der Waals surface area contributed by atoms with Gasteiger partial charge in [0.25, 0.3) is 0 Å². The fourth-order valence-corrected chi connectivity index (χ4v) is 2.11. The minimum atomic E-state index is -0.861. The summed E-state index contributed by atoms with van der Waals surface area (Å²) < 4.78 is 26.9. The molecule has 2 rings (SSSR count). The Labute approximate surface area is 115 Å². The normalized spacial score (nSPS) is 12.3. The molecule has 5 heteroatoms. The van der Waals surface area contributed by atoms with Crippen molar-refractivity contribution < 1.29 is 8.78 Å². The molecule has 1 atom stereocenters. The van der Waals surface area contributed by atoms with Gasteiger partial charge in [0.15, 0.2) is 16.8 Å². The Kier molecular flexibility index (Phi) is 4.00. The van der Waals surface area contributed by atoms with Crippen LogP contribution in [0.4, 0.5) is 14.5 Å². The number of nitrogens with one attached hydrogen (secondary N) is 1. The second-order valence-electron chi connectivity index (χ2n) is 4.30. The number of pyridine rings is 1. The first-order valence-corrected chi connectivity index (χ1v) is 6.20. The molecule has 0 fully saturated rings. The van der Waals surface area contributed by atoms with E-state index in [0.717, 1.165) is 11.6 Å². The molecule has 1 heterocycles. The summed E-state index contributed by atoms with van der Waals surface area (Å²) >= 11 is 5.99. The largest absolute Gasteiger partial charge is 0.376 e. The molecule has 0 saturated heterocycles. The Balaban J connectivity index is 2.31. The number of hydrogen-bond donors (Lipinski definition) is 1. The lowest BCUT2D eigenvalue weighted by Crippen LogP contribution is -2.11. The number of hydrogen-bond acceptors (Lipinski definition) is 2. The van der Waals surface area contributed by atoms with E-state index in [2.05, 4.69) is 10.3 Å². The van der Waals surface area contributed by atoms with Gasteiger partial charge in [-0.25, -0.2) is 13.8 Å². The van der Waals surface area contributed by atoms with E-state index >= 15 is 0 Å². The van der Waals surface area contributed by atoms with Crippen LogP contribution >= 0.6 is 11.6 Å². The molecule has 0 amide bonds. The van der Waals surface area contributed by atoms with Gasteiger partial charge in [-0.1, -0.05) is 23.7 Å². The van der Waals surface area contributed by atoms with Crippen molar-refractivity contribution in [1.29, 1.82) is 0 Å². The van der Waals surface area contributed by atoms with Gasteiger partial charge in [-0.3, -0.25) is 0 Å². The van der Waals surface area contributed by atoms with Crippen LogP contribution in [0.5, 0.6) is 0 Å². The molecule has 1 unspecified atom stereocenters. The van der Waals surface area contributed by atoms with Gasteiger partial charge >= 0.3 is 0 Å². The van der Waals surface area contributed by atoms with Crippen LogP contribution in [0.15, 0.2) is 30.5 Å². The van der Waals surface area contributed by atoms with Crippen LogP contribution in [0.1, 0.15) is 24.1 Å². The fraction of sp³-hybridized carbons (Fsp3) is 0.214. The molecular formula is C14H13ClF2N2. The van der Waals surface area contributed by atoms with Crippen molar-refractivity contribution in [3.05, 3.63) is 58.4 Å². The molecule has 1 aromatic carbocycles. The monoisotopic (exact) mass is 282 g/mol. The Bertz CT molecular complexity index is 582. The van der Waals surface area contributed by atoms with Crippen molar-refractivity contribution in [1.82, 2.24) is 4.98 Å². The molecule has 0 bridgehead atoms. The quantitative estimate of drug-likeness (QED) is 0.839. The van der Waals surface area contributed by atoms with Crippen LogP contribution in [0.3, 0.4) is 0 Å². The summed E-state index contributed by atoms with van der Waals surface area (Å²) in [6.45, 7) is 3.60. The number of anilines is 1. The number of rotatable bonds is 3. The molecule has 2 nitrogen and oxygen atoms in total. The van der Waals surface area contributed by atoms with Gasteiger partial charge in [-0.15, -0.1) is 0 Å². The van der Waals surface area contributed by atoms with Crippen molar-refractivity contribution >= 4 is 17.3 Å². The van der Waals surface area contributed by atoms with Gasteiger partial charge in [0.1, 0.15) is 0 Å². The average molecular weight is 283 g/mol. The zero-order valence-corrected chi connectivity index (χ0v) is 11.3. The van der Waals surface area contributed by atoms with Crippen molar-refractivity contribution in [2.75, 3.05) is 5.32 Å². The standard InChI is InChI=1S/C14H13ClF2N2/c1-8-6-7-18-14(15)13(8)19-9(2)10-4-3-5-11(16)12(10)17/h3-7,9,19H,1-2H3. The minimum Gasteiger partial charge on any atom is -0.376 e. The van der Waals surface area contributed by atoms with Crippen LogP contribution in [-0.2, 0) is 0 Å². The molecule has 0 radical (unpaired) electrons. The lowest BCUT2D eigenvalue weighted by atomic mass is 10.1. The molecule has 0 aliphatic carbocycles. The van der Waals surface area contributed by atoms with E-state index < -0.39 is 17.7 Å². The van der Waals surface area contributed by atoms with E-state index in [9.17, 15) is 8.78 Å². The predicted molar refractivity (Wildman–Crippen MR) is 72.4 cm³/mol. The van der Waals surface area contributed by atoms with Gasteiger partial charge in [0.2, 0.25) is 0 Å². The highest BCUT2D eigenvalue weighted by molar-refractivity contribution is 6.32. The highest BCUT2D eigenvalue weighted by Crippen LogP contribution is 2.28. The summed E-state index contributed by atoms with van der Waals surface area (Å²) in [5.74, 6) is -1.71. The van der Waals surface area contributed by atoms with Gasteiger partial charge in [0, 0.05) is 11.8 Å². The summed E-state index contributed by atoms with van der Waals surface area (Å²) in [4.78, 5) is 3.96. The maximum Gasteiger partial charge on any atom is 0.164 e. The molecule has 0 aliphatic heterocycles. The molecule has 1 aromatic heterocycles. The van der Waals surface area contributed by atoms with E-state index in [1.54, 1.807) is 19.2 Å². The third-order valence-corrected chi connectivity index (χ3v) is 3.21. The topological polar surface area (TPSA) is 24.9 Å². The van der Waals surface area contributed by atoms with Crippen LogP contribution in [0, 0.1) is 18.6 Å². The lowest BCUT2D eigenvalue weighted by molar-refractivity contribution is 0.494. The molecule has 0 aliphatic rings. The van der Waals surface area contributed by atoms with E-state index in [1.807, 2.05) is 6.92 Å². The summed E-state index contributed by atoms with van der Waals surface area (Å²) in [5, 5.41) is 3.37. The van der Waals surface area contributed by atoms with Crippen molar-refractivity contribution in [3.63, 3.8) is 0 Å². The van der Waals surface area contributed by atoms with E-state index in [0.29, 0.717) is 10.8 Å². The number of aromatic nitrogens is 1. The van der Waals surface area contributed by atoms with Gasteiger partial charge in [-0.2, -0.15) is 0 Å². The summed E-state index contributed by atoms with van der Waals surface area (Å²) in [6, 6.07) is 5.48. The number of benzene rings is 1. The lowest BCUT2D eigenvalue weighted by Gasteiger charge is -2.18. The third kappa shape index (κ3) is 2.84. The van der Waals surface area contributed by atoms with Crippen LogP contribution in [0.25, 0.3) is 0 Å². The van der Waals surface area contributed by atoms with Crippen molar-refractivity contribution in [2.24, 2.45) is 0 Å². The first kappa shape index (κ1) is 13.7. The summed E-state index contributed by atoms with van der Waals surface area (Å²) in [7, 11) is 0. The Morgan fingerprint density at radius 1 is 1.26 bits per heavy atom. The fourth-order valence-electron chi connectivity index (χ4n) is 1.85. The molecule has 0 saturated carbocycles. The zero-order valence-electron chi connectivity index (χ0n) is 10.5. The highest BCUT2D eigenvalue weighted by atomic mass is 35.5. The number of halogens is 3. The van der Waals surface area contributed by atoms with E-state index in [-0.39, 0.29) is 5.56 Å². The van der Waals surface area contributed by atoms with Gasteiger partial charge in [0.05, 0.1) is 11.7 Å². The maximum absolute atomic E-state index is 13.7. The number of aryl methyl sites for hydroxylation is 1. The molecule has 19 heavy (non-hydrogen) atoms. The molecule has 2 aromatic rings. The van der Waals surface area contributed by atoms with Crippen LogP contribution in [0.2, 0.25) is 5.15 Å². The molecule has 1 N–H and O–H groups in total. The van der Waals surface area contributed by atoms with Gasteiger partial charge in [-0.05, 0) is 31.5 Å². The first-order valence-electron chi connectivity index (χ1n) is 5.82. The Morgan fingerprint density at radius 2 is 2.00 bits per heavy atom. The average Bonchev–Trinajstić information content (AvgIpc) is 2.37. The molecule has 100 valence electrons. The molecule has 0 spiro atoms. The second-order valence-corrected chi connectivity index (χ2v) is 4.66. The molecular weight excluding hydrogens is 270 g/mol. The summed E-state index contributed by atoms with van der Waals surface area (Å²) in [6.07, 6.45) is 1.59. The zero-order chi connectivity index (χ0) is 14.0. The van der Waals surface area contributed by atoms with Crippen LogP contribution in [-0.4, -0.2) is 4.98 Å². The van der Waals surface area contributed by atoms with Crippen LogP contribution < -0.4 is 5.32 Å². The Hall–Kier alpha value is -1.68. The van der Waals surface area contributed by atoms with Crippen molar-refractivity contribution in [2.45, 2.75) is 19.9 Å². The second kappa shape index (κ2) is 5.53. The van der Waals surface area contributed by atoms with E-state index in [1.165, 1.54) is 12.1 Å².